The summed E-state index contributed by atoms with van der Waals surface area (Å²) in [5, 5.41) is 13.8. The molecule has 396 valence electrons. The van der Waals surface area contributed by atoms with Gasteiger partial charge in [0.25, 0.3) is 7.82 Å². The SMILES string of the molecule is CC/C=C\C/C=C\C/C=C\C/C=C\C/C=C\CCCC(=O)NC(COP(=O)([O-])OCC[N+](C)(C)C)C(O)/C=C/CCCCCCCCCCCCCCCCCCCCCCCCCCCCC. The average Bonchev–Trinajstić information content (AvgIpc) is 3.30. The third-order valence-electron chi connectivity index (χ3n) is 12.4. The Hall–Kier alpha value is -2.06. The van der Waals surface area contributed by atoms with Crippen LogP contribution in [-0.2, 0) is 18.4 Å². The lowest BCUT2D eigenvalue weighted by Gasteiger charge is -2.29. The Kier molecular flexibility index (Phi) is 48.4. The van der Waals surface area contributed by atoms with Gasteiger partial charge in [-0.3, -0.25) is 9.36 Å². The van der Waals surface area contributed by atoms with Crippen LogP contribution in [0.2, 0.25) is 0 Å². The number of likely N-dealkylation sites (N-methyl/N-ethyl adjacent to an activating group) is 1. The Morgan fingerprint density at radius 3 is 1.29 bits per heavy atom. The van der Waals surface area contributed by atoms with Crippen LogP contribution in [-0.4, -0.2) is 68.5 Å². The molecule has 0 aromatic heterocycles. The minimum Gasteiger partial charge on any atom is -0.756 e. The molecular weight excluding hydrogens is 864 g/mol. The molecule has 0 rings (SSSR count). The Morgan fingerprint density at radius 2 is 0.897 bits per heavy atom. The molecule has 0 aliphatic carbocycles. The summed E-state index contributed by atoms with van der Waals surface area (Å²) in [6.45, 7) is 4.50. The van der Waals surface area contributed by atoms with Crippen LogP contribution in [0.15, 0.2) is 72.9 Å². The molecule has 0 aromatic carbocycles. The van der Waals surface area contributed by atoms with Gasteiger partial charge in [-0.2, -0.15) is 0 Å². The summed E-state index contributed by atoms with van der Waals surface area (Å²) < 4.78 is 23.3. The van der Waals surface area contributed by atoms with Crippen LogP contribution in [0.4, 0.5) is 0 Å². The van der Waals surface area contributed by atoms with Crippen molar-refractivity contribution in [2.24, 2.45) is 0 Å². The van der Waals surface area contributed by atoms with Gasteiger partial charge in [-0.25, -0.2) is 0 Å². The highest BCUT2D eigenvalue weighted by Gasteiger charge is 2.23. The first-order chi connectivity index (χ1) is 33.0. The van der Waals surface area contributed by atoms with Gasteiger partial charge in [0.1, 0.15) is 13.2 Å². The molecular formula is C59H109N2O6P. The molecule has 1 amide bonds. The van der Waals surface area contributed by atoms with E-state index in [0.29, 0.717) is 17.4 Å². The van der Waals surface area contributed by atoms with E-state index in [9.17, 15) is 19.4 Å². The van der Waals surface area contributed by atoms with Crippen LogP contribution in [0.5, 0.6) is 0 Å². The van der Waals surface area contributed by atoms with Crippen LogP contribution in [0.25, 0.3) is 0 Å². The molecule has 0 bridgehead atoms. The maximum absolute atomic E-state index is 12.9. The van der Waals surface area contributed by atoms with Crippen molar-refractivity contribution in [1.29, 1.82) is 0 Å². The average molecular weight is 974 g/mol. The molecule has 0 aliphatic rings. The highest BCUT2D eigenvalue weighted by molar-refractivity contribution is 7.45. The predicted octanol–water partition coefficient (Wildman–Crippen LogP) is 16.5. The number of phosphoric ester groups is 1. The van der Waals surface area contributed by atoms with Crippen molar-refractivity contribution in [3.63, 3.8) is 0 Å². The van der Waals surface area contributed by atoms with Gasteiger partial charge >= 0.3 is 0 Å². The number of carbonyl (C=O) groups is 1. The van der Waals surface area contributed by atoms with Crippen LogP contribution >= 0.6 is 7.82 Å². The zero-order valence-corrected chi connectivity index (χ0v) is 45.9. The summed E-state index contributed by atoms with van der Waals surface area (Å²) >= 11 is 0. The fourth-order valence-corrected chi connectivity index (χ4v) is 8.74. The van der Waals surface area contributed by atoms with E-state index in [2.05, 4.69) is 79.9 Å². The smallest absolute Gasteiger partial charge is 0.268 e. The molecule has 3 atom stereocenters. The number of unbranched alkanes of at least 4 members (excludes halogenated alkanes) is 28. The van der Waals surface area contributed by atoms with Crippen molar-refractivity contribution in [3.8, 4) is 0 Å². The number of aliphatic hydroxyl groups excluding tert-OH is 1. The maximum atomic E-state index is 12.9. The summed E-state index contributed by atoms with van der Waals surface area (Å²) in [4.78, 5) is 25.4. The van der Waals surface area contributed by atoms with Crippen LogP contribution < -0.4 is 10.2 Å². The van der Waals surface area contributed by atoms with Gasteiger partial charge in [0.15, 0.2) is 0 Å². The van der Waals surface area contributed by atoms with Crippen molar-refractivity contribution in [2.45, 2.75) is 257 Å². The third kappa shape index (κ3) is 51.8. The van der Waals surface area contributed by atoms with E-state index in [4.69, 9.17) is 9.05 Å². The van der Waals surface area contributed by atoms with E-state index in [1.165, 1.54) is 161 Å². The normalized spacial score (nSPS) is 14.5. The fourth-order valence-electron chi connectivity index (χ4n) is 8.01. The minimum atomic E-state index is -4.61. The second kappa shape index (κ2) is 49.9. The molecule has 0 spiro atoms. The van der Waals surface area contributed by atoms with Crippen molar-refractivity contribution in [2.75, 3.05) is 40.9 Å². The fraction of sp³-hybridized carbons (Fsp3) is 0.780. The third-order valence-corrected chi connectivity index (χ3v) is 13.4. The number of nitrogens with one attached hydrogen (secondary N) is 1. The molecule has 0 radical (unpaired) electrons. The van der Waals surface area contributed by atoms with Crippen molar-refractivity contribution in [1.82, 2.24) is 5.32 Å². The second-order valence-electron chi connectivity index (χ2n) is 20.3. The summed E-state index contributed by atoms with van der Waals surface area (Å²) in [6, 6.07) is -0.921. The summed E-state index contributed by atoms with van der Waals surface area (Å²) in [7, 11) is 1.22. The number of allylic oxidation sites excluding steroid dienone is 11. The molecule has 68 heavy (non-hydrogen) atoms. The molecule has 0 saturated heterocycles. The molecule has 0 fully saturated rings. The Morgan fingerprint density at radius 1 is 0.529 bits per heavy atom. The van der Waals surface area contributed by atoms with Crippen LogP contribution in [0, 0.1) is 0 Å². The molecule has 0 aliphatic heterocycles. The highest BCUT2D eigenvalue weighted by atomic mass is 31.2. The topological polar surface area (TPSA) is 108 Å². The molecule has 0 aromatic rings. The number of hydrogen-bond donors (Lipinski definition) is 2. The second-order valence-corrected chi connectivity index (χ2v) is 21.7. The number of phosphoric acid groups is 1. The lowest BCUT2D eigenvalue weighted by Crippen LogP contribution is -2.45. The zero-order chi connectivity index (χ0) is 49.9. The van der Waals surface area contributed by atoms with Crippen molar-refractivity contribution >= 4 is 13.7 Å². The molecule has 8 nitrogen and oxygen atoms in total. The number of nitrogens with zero attached hydrogens (tertiary/aromatic N) is 1. The van der Waals surface area contributed by atoms with Crippen molar-refractivity contribution in [3.05, 3.63) is 72.9 Å². The lowest BCUT2D eigenvalue weighted by molar-refractivity contribution is -0.870. The van der Waals surface area contributed by atoms with E-state index in [0.717, 1.165) is 57.8 Å². The van der Waals surface area contributed by atoms with Gasteiger partial charge in [-0.1, -0.05) is 254 Å². The summed E-state index contributed by atoms with van der Waals surface area (Å²) in [5.74, 6) is -0.254. The molecule has 0 heterocycles. The quantitative estimate of drug-likeness (QED) is 0.0272. The Labute approximate surface area is 421 Å². The van der Waals surface area contributed by atoms with Crippen LogP contribution in [0.3, 0.4) is 0 Å². The van der Waals surface area contributed by atoms with Gasteiger partial charge in [0.2, 0.25) is 5.91 Å². The van der Waals surface area contributed by atoms with E-state index in [1.54, 1.807) is 6.08 Å². The monoisotopic (exact) mass is 973 g/mol. The van der Waals surface area contributed by atoms with Gasteiger partial charge in [0.05, 0.1) is 39.9 Å². The van der Waals surface area contributed by atoms with Gasteiger partial charge < -0.3 is 28.8 Å². The standard InChI is InChI=1S/C59H109N2O6P/c1-6-8-10-12-14-16-18-20-22-24-25-26-27-28-29-30-31-32-33-34-35-37-38-40-42-44-46-48-50-52-58(62)57(56-67-68(64,65)66-55-54-61(3,4)5)60-59(63)53-51-49-47-45-43-41-39-36-23-21-19-17-15-13-11-9-7-2/h9,11,15,17,21,23,39,41,45,47,50,52,57-58,62H,6-8,10,12-14,16,18-20,22,24-38,40,42-44,46,48-49,51,53-56H2,1-5H3,(H-,60,63,64,65)/b11-9-,17-15-,23-21-,41-39-,47-45-,52-50+. The largest absolute Gasteiger partial charge is 0.756 e. The van der Waals surface area contributed by atoms with E-state index < -0.39 is 26.6 Å². The van der Waals surface area contributed by atoms with Gasteiger partial charge in [-0.15, -0.1) is 0 Å². The first-order valence-corrected chi connectivity index (χ1v) is 29.8. The summed E-state index contributed by atoms with van der Waals surface area (Å²) in [5.41, 5.74) is 0. The number of quaternary nitrogens is 1. The molecule has 2 N–H and O–H groups in total. The molecule has 3 unspecified atom stereocenters. The first-order valence-electron chi connectivity index (χ1n) is 28.3. The molecule has 0 saturated carbocycles. The Bertz CT molecular complexity index is 1330. The zero-order valence-electron chi connectivity index (χ0n) is 45.0. The predicted molar refractivity (Wildman–Crippen MR) is 293 cm³/mol. The maximum Gasteiger partial charge on any atom is 0.268 e. The number of rotatable bonds is 51. The highest BCUT2D eigenvalue weighted by Crippen LogP contribution is 2.38. The van der Waals surface area contributed by atoms with E-state index in [1.807, 2.05) is 27.2 Å². The van der Waals surface area contributed by atoms with Gasteiger partial charge in [0, 0.05) is 6.42 Å². The van der Waals surface area contributed by atoms with Crippen molar-refractivity contribution < 1.29 is 32.9 Å². The molecule has 9 heteroatoms. The number of aliphatic hydroxyl groups is 1. The van der Waals surface area contributed by atoms with E-state index >= 15 is 0 Å². The first kappa shape index (κ1) is 65.9. The minimum absolute atomic E-state index is 0.0147. The lowest BCUT2D eigenvalue weighted by atomic mass is 10.0. The van der Waals surface area contributed by atoms with Crippen LogP contribution in [0.1, 0.15) is 245 Å². The number of carbonyl (C=O) groups excluding carboxylic acids is 1. The summed E-state index contributed by atoms with van der Waals surface area (Å²) in [6.07, 6.45) is 68.6. The number of hydrogen-bond acceptors (Lipinski definition) is 6. The Balaban J connectivity index is 4.23. The number of amides is 1. The van der Waals surface area contributed by atoms with Gasteiger partial charge in [-0.05, 0) is 57.8 Å². The van der Waals surface area contributed by atoms with E-state index in [-0.39, 0.29) is 18.9 Å².